The number of aromatic nitrogens is 2. The summed E-state index contributed by atoms with van der Waals surface area (Å²) in [6.07, 6.45) is 8.10. The summed E-state index contributed by atoms with van der Waals surface area (Å²) in [5.41, 5.74) is 6.58. The molecule has 4 heteroatoms. The van der Waals surface area contributed by atoms with Gasteiger partial charge in [-0.05, 0) is 68.7 Å². The Morgan fingerprint density at radius 3 is 2.10 bits per heavy atom. The molecule has 3 aromatic rings. The molecule has 3 heterocycles. The third-order valence-electron chi connectivity index (χ3n) is 7.84. The van der Waals surface area contributed by atoms with Crippen molar-refractivity contribution >= 4 is 23.0 Å². The zero-order chi connectivity index (χ0) is 21.0. The van der Waals surface area contributed by atoms with E-state index in [4.69, 9.17) is 9.97 Å². The average Bonchev–Trinajstić information content (AvgIpc) is 3.15. The molecule has 1 atom stereocenters. The van der Waals surface area contributed by atoms with Crippen LogP contribution in [0, 0.1) is 0 Å². The standard InChI is InChI=1S/C27H30N4/c1-3-27(4-2)18-24-30(19-12-6-5-7-13-19)25-26(29-22-16-10-9-15-21(22)28-25)31(24)23-17-11-8-14-20(23)27/h5-8,11-14,17,24H,3-4,9-10,15-16,18H2,1-2H3. The van der Waals surface area contributed by atoms with E-state index in [9.17, 15) is 0 Å². The van der Waals surface area contributed by atoms with E-state index >= 15 is 0 Å². The number of benzene rings is 2. The van der Waals surface area contributed by atoms with Crippen LogP contribution in [0.3, 0.4) is 0 Å². The van der Waals surface area contributed by atoms with Crippen molar-refractivity contribution in [2.75, 3.05) is 9.80 Å². The summed E-state index contributed by atoms with van der Waals surface area (Å²) in [4.78, 5) is 15.5. The molecule has 0 saturated heterocycles. The van der Waals surface area contributed by atoms with Crippen molar-refractivity contribution in [3.8, 4) is 0 Å². The predicted octanol–water partition coefficient (Wildman–Crippen LogP) is 6.43. The smallest absolute Gasteiger partial charge is 0.178 e. The van der Waals surface area contributed by atoms with E-state index < -0.39 is 0 Å². The van der Waals surface area contributed by atoms with Gasteiger partial charge >= 0.3 is 0 Å². The summed E-state index contributed by atoms with van der Waals surface area (Å²) in [5.74, 6) is 2.08. The Hall–Kier alpha value is -2.88. The molecular formula is C27H30N4. The third-order valence-corrected chi connectivity index (χ3v) is 7.84. The topological polar surface area (TPSA) is 32.3 Å². The molecule has 0 fully saturated rings. The second-order valence-corrected chi connectivity index (χ2v) is 9.24. The average molecular weight is 411 g/mol. The fraction of sp³-hybridized carbons (Fsp3) is 0.407. The van der Waals surface area contributed by atoms with Crippen LogP contribution in [0.25, 0.3) is 0 Å². The molecule has 0 saturated carbocycles. The van der Waals surface area contributed by atoms with E-state index in [0.717, 1.165) is 43.7 Å². The second-order valence-electron chi connectivity index (χ2n) is 9.24. The Morgan fingerprint density at radius 1 is 0.806 bits per heavy atom. The number of hydrogen-bond acceptors (Lipinski definition) is 4. The van der Waals surface area contributed by atoms with E-state index in [2.05, 4.69) is 78.2 Å². The zero-order valence-corrected chi connectivity index (χ0v) is 18.5. The molecule has 1 aromatic heterocycles. The molecule has 0 bridgehead atoms. The number of fused-ring (bicyclic) bond motifs is 6. The molecule has 3 aliphatic rings. The lowest BCUT2D eigenvalue weighted by Crippen LogP contribution is -2.48. The normalized spacial score (nSPS) is 20.6. The largest absolute Gasteiger partial charge is 0.302 e. The van der Waals surface area contributed by atoms with Gasteiger partial charge in [0.1, 0.15) is 6.17 Å². The van der Waals surface area contributed by atoms with Gasteiger partial charge in [0.15, 0.2) is 11.6 Å². The second kappa shape index (κ2) is 7.08. The summed E-state index contributed by atoms with van der Waals surface area (Å²) >= 11 is 0. The lowest BCUT2D eigenvalue weighted by molar-refractivity contribution is 0.322. The van der Waals surface area contributed by atoms with Gasteiger partial charge in [-0.15, -0.1) is 0 Å². The molecule has 158 valence electrons. The minimum absolute atomic E-state index is 0.173. The maximum atomic E-state index is 5.27. The van der Waals surface area contributed by atoms with Gasteiger partial charge in [0.2, 0.25) is 0 Å². The molecule has 2 aliphatic heterocycles. The Bertz CT molecular complexity index is 1120. The zero-order valence-electron chi connectivity index (χ0n) is 18.5. The van der Waals surface area contributed by atoms with Crippen LogP contribution in [0.1, 0.15) is 62.9 Å². The first-order chi connectivity index (χ1) is 15.3. The van der Waals surface area contributed by atoms with Gasteiger partial charge in [0.05, 0.1) is 11.4 Å². The molecule has 2 aromatic carbocycles. The van der Waals surface area contributed by atoms with Gasteiger partial charge < -0.3 is 9.80 Å². The molecule has 0 radical (unpaired) electrons. The first kappa shape index (κ1) is 18.9. The van der Waals surface area contributed by atoms with Crippen LogP contribution in [-0.4, -0.2) is 16.1 Å². The van der Waals surface area contributed by atoms with Crippen LogP contribution in [0.2, 0.25) is 0 Å². The molecule has 4 nitrogen and oxygen atoms in total. The quantitative estimate of drug-likeness (QED) is 0.498. The van der Waals surface area contributed by atoms with E-state index in [1.54, 1.807) is 0 Å². The van der Waals surface area contributed by atoms with Crippen molar-refractivity contribution in [2.24, 2.45) is 0 Å². The van der Waals surface area contributed by atoms with E-state index in [1.165, 1.54) is 41.2 Å². The first-order valence-corrected chi connectivity index (χ1v) is 11.9. The molecule has 1 unspecified atom stereocenters. The number of rotatable bonds is 3. The SMILES string of the molecule is CCC1(CC)CC2N(c3ccccc3)c3nc4c(nc3N2c2ccccc21)CCCC4. The Labute approximate surface area is 185 Å². The molecular weight excluding hydrogens is 380 g/mol. The highest BCUT2D eigenvalue weighted by Gasteiger charge is 2.50. The van der Waals surface area contributed by atoms with Crippen molar-refractivity contribution < 1.29 is 0 Å². The maximum Gasteiger partial charge on any atom is 0.178 e. The number of anilines is 4. The van der Waals surface area contributed by atoms with E-state index in [0.29, 0.717) is 0 Å². The predicted molar refractivity (Wildman–Crippen MR) is 127 cm³/mol. The van der Waals surface area contributed by atoms with Crippen LogP contribution < -0.4 is 9.80 Å². The molecule has 6 rings (SSSR count). The van der Waals surface area contributed by atoms with Crippen molar-refractivity contribution in [1.82, 2.24) is 9.97 Å². The van der Waals surface area contributed by atoms with Crippen LogP contribution in [-0.2, 0) is 18.3 Å². The van der Waals surface area contributed by atoms with Gasteiger partial charge in [-0.25, -0.2) is 9.97 Å². The van der Waals surface area contributed by atoms with Gasteiger partial charge in [-0.3, -0.25) is 0 Å². The Balaban J connectivity index is 1.61. The minimum atomic E-state index is 0.173. The van der Waals surface area contributed by atoms with Gasteiger partial charge in [0.25, 0.3) is 0 Å². The van der Waals surface area contributed by atoms with Crippen LogP contribution in [0.15, 0.2) is 54.6 Å². The Morgan fingerprint density at radius 2 is 1.42 bits per heavy atom. The lowest BCUT2D eigenvalue weighted by Gasteiger charge is -2.47. The fourth-order valence-corrected chi connectivity index (χ4v) is 6.04. The summed E-state index contributed by atoms with van der Waals surface area (Å²) < 4.78 is 0. The summed E-state index contributed by atoms with van der Waals surface area (Å²) in [6.45, 7) is 4.69. The Kier molecular flexibility index (Phi) is 4.31. The lowest BCUT2D eigenvalue weighted by atomic mass is 9.69. The molecule has 31 heavy (non-hydrogen) atoms. The van der Waals surface area contributed by atoms with Gasteiger partial charge in [0, 0.05) is 16.8 Å². The van der Waals surface area contributed by atoms with Crippen molar-refractivity contribution in [1.29, 1.82) is 0 Å². The van der Waals surface area contributed by atoms with E-state index in [1.807, 2.05) is 0 Å². The molecule has 0 spiro atoms. The van der Waals surface area contributed by atoms with Gasteiger partial charge in [-0.2, -0.15) is 0 Å². The van der Waals surface area contributed by atoms with Crippen molar-refractivity contribution in [3.05, 3.63) is 71.5 Å². The van der Waals surface area contributed by atoms with Crippen LogP contribution in [0.5, 0.6) is 0 Å². The van der Waals surface area contributed by atoms with E-state index in [-0.39, 0.29) is 11.6 Å². The van der Waals surface area contributed by atoms with Crippen molar-refractivity contribution in [3.63, 3.8) is 0 Å². The van der Waals surface area contributed by atoms with Crippen LogP contribution in [0.4, 0.5) is 23.0 Å². The number of hydrogen-bond donors (Lipinski definition) is 0. The van der Waals surface area contributed by atoms with Gasteiger partial charge in [-0.1, -0.05) is 50.2 Å². The number of aryl methyl sites for hydroxylation is 2. The fourth-order valence-electron chi connectivity index (χ4n) is 6.04. The maximum absolute atomic E-state index is 5.27. The third kappa shape index (κ3) is 2.67. The number of para-hydroxylation sites is 2. The highest BCUT2D eigenvalue weighted by atomic mass is 15.5. The highest BCUT2D eigenvalue weighted by Crippen LogP contribution is 2.56. The summed E-state index contributed by atoms with van der Waals surface area (Å²) in [6, 6.07) is 19.8. The highest BCUT2D eigenvalue weighted by molar-refractivity contribution is 5.86. The van der Waals surface area contributed by atoms with Crippen molar-refractivity contribution in [2.45, 2.75) is 70.4 Å². The summed E-state index contributed by atoms with van der Waals surface area (Å²) in [5, 5.41) is 0. The molecule has 0 amide bonds. The minimum Gasteiger partial charge on any atom is -0.302 e. The van der Waals surface area contributed by atoms with Crippen LogP contribution >= 0.6 is 0 Å². The molecule has 1 aliphatic carbocycles. The molecule has 0 N–H and O–H groups in total. The first-order valence-electron chi connectivity index (χ1n) is 11.9. The summed E-state index contributed by atoms with van der Waals surface area (Å²) in [7, 11) is 0. The monoisotopic (exact) mass is 410 g/mol. The number of nitrogens with zero attached hydrogens (tertiary/aromatic N) is 4.